The van der Waals surface area contributed by atoms with Gasteiger partial charge in [0, 0.05) is 50.0 Å². The van der Waals surface area contributed by atoms with Gasteiger partial charge in [0.05, 0.1) is 17.4 Å². The summed E-state index contributed by atoms with van der Waals surface area (Å²) < 4.78 is 2.44. The topological polar surface area (TPSA) is 61.8 Å². The Morgan fingerprint density at radius 3 is 2.88 bits per heavy atom. The lowest BCUT2D eigenvalue weighted by Crippen LogP contribution is -2.36. The van der Waals surface area contributed by atoms with Crippen LogP contribution in [0, 0.1) is 0 Å². The quantitative estimate of drug-likeness (QED) is 0.755. The van der Waals surface area contributed by atoms with Gasteiger partial charge in [-0.3, -0.25) is 0 Å². The fraction of sp³-hybridized carbons (Fsp3) is 0.474. The van der Waals surface area contributed by atoms with E-state index in [0.717, 1.165) is 50.5 Å². The second-order valence-corrected chi connectivity index (χ2v) is 7.36. The standard InChI is InChI=1S/C19H24N6/c1-13-11-25-18-15(9-21-13)3-2-4-16(18)23-19(25)24-7-5-14(6-8-24)17-10-20-12-22-17/h2-4,10,12-14,21H,5-9,11H2,1H3,(H,20,22)/t13-/m0/s1. The van der Waals surface area contributed by atoms with Gasteiger partial charge >= 0.3 is 0 Å². The van der Waals surface area contributed by atoms with E-state index in [4.69, 9.17) is 4.98 Å². The summed E-state index contributed by atoms with van der Waals surface area (Å²) in [4.78, 5) is 14.9. The maximum atomic E-state index is 5.01. The van der Waals surface area contributed by atoms with E-state index < -0.39 is 0 Å². The molecule has 0 aliphatic carbocycles. The highest BCUT2D eigenvalue weighted by Gasteiger charge is 2.27. The molecule has 5 rings (SSSR count). The molecule has 6 heteroatoms. The van der Waals surface area contributed by atoms with Gasteiger partial charge in [0.1, 0.15) is 0 Å². The molecule has 1 fully saturated rings. The van der Waals surface area contributed by atoms with Gasteiger partial charge in [0.15, 0.2) is 0 Å². The SMILES string of the molecule is C[C@H]1Cn2c(N3CCC(c4cnc[nH]4)CC3)nc3cccc(c32)CN1. The third kappa shape index (κ3) is 2.52. The van der Waals surface area contributed by atoms with Crippen LogP contribution in [-0.4, -0.2) is 38.7 Å². The summed E-state index contributed by atoms with van der Waals surface area (Å²) >= 11 is 0. The molecular weight excluding hydrogens is 312 g/mol. The molecule has 0 amide bonds. The van der Waals surface area contributed by atoms with E-state index in [0.29, 0.717) is 12.0 Å². The highest BCUT2D eigenvalue weighted by molar-refractivity contribution is 5.82. The highest BCUT2D eigenvalue weighted by Crippen LogP contribution is 2.32. The number of para-hydroxylation sites is 1. The van der Waals surface area contributed by atoms with Gasteiger partial charge < -0.3 is 19.8 Å². The maximum absolute atomic E-state index is 5.01. The molecule has 2 N–H and O–H groups in total. The molecule has 4 heterocycles. The lowest BCUT2D eigenvalue weighted by atomic mass is 9.94. The number of benzene rings is 1. The number of hydrogen-bond donors (Lipinski definition) is 2. The second kappa shape index (κ2) is 5.88. The molecule has 25 heavy (non-hydrogen) atoms. The molecule has 2 aliphatic rings. The molecule has 0 bridgehead atoms. The summed E-state index contributed by atoms with van der Waals surface area (Å²) in [6, 6.07) is 6.94. The van der Waals surface area contributed by atoms with Crippen molar-refractivity contribution in [3.05, 3.63) is 42.0 Å². The number of rotatable bonds is 2. The number of nitrogens with one attached hydrogen (secondary N) is 2. The lowest BCUT2D eigenvalue weighted by molar-refractivity contribution is 0.469. The van der Waals surface area contributed by atoms with Gasteiger partial charge in [-0.1, -0.05) is 12.1 Å². The number of anilines is 1. The number of H-pyrrole nitrogens is 1. The van der Waals surface area contributed by atoms with Crippen molar-refractivity contribution in [2.45, 2.75) is 44.8 Å². The van der Waals surface area contributed by atoms with Crippen molar-refractivity contribution in [2.24, 2.45) is 0 Å². The number of nitrogens with zero attached hydrogens (tertiary/aromatic N) is 4. The van der Waals surface area contributed by atoms with E-state index in [1.54, 1.807) is 6.33 Å². The number of piperidine rings is 1. The first-order chi connectivity index (χ1) is 12.3. The molecule has 2 aromatic heterocycles. The van der Waals surface area contributed by atoms with Crippen LogP contribution in [0.3, 0.4) is 0 Å². The van der Waals surface area contributed by atoms with Gasteiger partial charge in [0.2, 0.25) is 5.95 Å². The minimum Gasteiger partial charge on any atom is -0.348 e. The molecule has 6 nitrogen and oxygen atoms in total. The zero-order valence-electron chi connectivity index (χ0n) is 14.6. The van der Waals surface area contributed by atoms with Crippen molar-refractivity contribution >= 4 is 17.0 Å². The van der Waals surface area contributed by atoms with E-state index >= 15 is 0 Å². The highest BCUT2D eigenvalue weighted by atomic mass is 15.3. The molecule has 0 unspecified atom stereocenters. The molecular formula is C19H24N6. The normalized spacial score (nSPS) is 21.6. The Morgan fingerprint density at radius 2 is 2.08 bits per heavy atom. The average molecular weight is 336 g/mol. The summed E-state index contributed by atoms with van der Waals surface area (Å²) in [6.07, 6.45) is 6.04. The van der Waals surface area contributed by atoms with Gasteiger partial charge in [-0.05, 0) is 31.4 Å². The summed E-state index contributed by atoms with van der Waals surface area (Å²) in [5.41, 5.74) is 5.06. The monoisotopic (exact) mass is 336 g/mol. The Bertz CT molecular complexity index is 873. The van der Waals surface area contributed by atoms with Crippen LogP contribution in [0.15, 0.2) is 30.7 Å². The summed E-state index contributed by atoms with van der Waals surface area (Å²) in [7, 11) is 0. The van der Waals surface area contributed by atoms with Crippen LogP contribution < -0.4 is 10.2 Å². The minimum atomic E-state index is 0.450. The summed E-state index contributed by atoms with van der Waals surface area (Å²) in [5.74, 6) is 1.73. The smallest absolute Gasteiger partial charge is 0.206 e. The van der Waals surface area contributed by atoms with Gasteiger partial charge in [-0.15, -0.1) is 0 Å². The van der Waals surface area contributed by atoms with Crippen molar-refractivity contribution in [2.75, 3.05) is 18.0 Å². The Kier molecular flexibility index (Phi) is 3.52. The van der Waals surface area contributed by atoms with E-state index in [2.05, 4.69) is 49.9 Å². The molecule has 1 saturated heterocycles. The molecule has 1 atom stereocenters. The molecule has 0 radical (unpaired) electrons. The van der Waals surface area contributed by atoms with Crippen LogP contribution in [0.4, 0.5) is 5.95 Å². The molecule has 3 aromatic rings. The third-order valence-corrected chi connectivity index (χ3v) is 5.66. The number of aromatic nitrogens is 4. The second-order valence-electron chi connectivity index (χ2n) is 7.36. The van der Waals surface area contributed by atoms with Crippen molar-refractivity contribution < 1.29 is 0 Å². The summed E-state index contributed by atoms with van der Waals surface area (Å²) in [5, 5.41) is 3.61. The zero-order chi connectivity index (χ0) is 16.8. The van der Waals surface area contributed by atoms with Crippen LogP contribution in [0.5, 0.6) is 0 Å². The Morgan fingerprint density at radius 1 is 1.20 bits per heavy atom. The first-order valence-electron chi connectivity index (χ1n) is 9.24. The van der Waals surface area contributed by atoms with Crippen LogP contribution in [0.2, 0.25) is 0 Å². The van der Waals surface area contributed by atoms with E-state index in [1.807, 2.05) is 6.20 Å². The lowest BCUT2D eigenvalue weighted by Gasteiger charge is -2.32. The van der Waals surface area contributed by atoms with Crippen LogP contribution in [0.25, 0.3) is 11.0 Å². The zero-order valence-corrected chi connectivity index (χ0v) is 14.6. The van der Waals surface area contributed by atoms with Crippen LogP contribution in [0.1, 0.15) is 36.9 Å². The molecule has 2 aliphatic heterocycles. The van der Waals surface area contributed by atoms with Gasteiger partial charge in [-0.2, -0.15) is 0 Å². The van der Waals surface area contributed by atoms with Crippen molar-refractivity contribution in [3.63, 3.8) is 0 Å². The van der Waals surface area contributed by atoms with E-state index in [-0.39, 0.29) is 0 Å². The Balaban J connectivity index is 1.47. The maximum Gasteiger partial charge on any atom is 0.206 e. The predicted molar refractivity (Wildman–Crippen MR) is 98.8 cm³/mol. The first-order valence-corrected chi connectivity index (χ1v) is 9.24. The Hall–Kier alpha value is -2.34. The van der Waals surface area contributed by atoms with Crippen molar-refractivity contribution in [1.29, 1.82) is 0 Å². The van der Waals surface area contributed by atoms with E-state index in [9.17, 15) is 0 Å². The fourth-order valence-corrected chi connectivity index (χ4v) is 4.31. The molecule has 0 saturated carbocycles. The number of imidazole rings is 2. The largest absolute Gasteiger partial charge is 0.348 e. The van der Waals surface area contributed by atoms with Crippen molar-refractivity contribution in [1.82, 2.24) is 24.8 Å². The molecule has 1 aromatic carbocycles. The van der Waals surface area contributed by atoms with Crippen LogP contribution in [-0.2, 0) is 13.1 Å². The van der Waals surface area contributed by atoms with Gasteiger partial charge in [-0.25, -0.2) is 9.97 Å². The molecule has 130 valence electrons. The van der Waals surface area contributed by atoms with Gasteiger partial charge in [0.25, 0.3) is 0 Å². The molecule has 0 spiro atoms. The van der Waals surface area contributed by atoms with E-state index in [1.165, 1.54) is 16.8 Å². The first kappa shape index (κ1) is 15.0. The fourth-order valence-electron chi connectivity index (χ4n) is 4.31. The average Bonchev–Trinajstić information content (AvgIpc) is 3.25. The number of hydrogen-bond acceptors (Lipinski definition) is 4. The Labute approximate surface area is 147 Å². The number of aromatic amines is 1. The summed E-state index contributed by atoms with van der Waals surface area (Å²) in [6.45, 7) is 6.25. The van der Waals surface area contributed by atoms with Crippen LogP contribution >= 0.6 is 0 Å². The predicted octanol–water partition coefficient (Wildman–Crippen LogP) is 2.64. The third-order valence-electron chi connectivity index (χ3n) is 5.66. The minimum absolute atomic E-state index is 0.450. The van der Waals surface area contributed by atoms with Crippen molar-refractivity contribution in [3.8, 4) is 0 Å².